The van der Waals surface area contributed by atoms with Gasteiger partial charge in [0.05, 0.1) is 6.10 Å². The van der Waals surface area contributed by atoms with Crippen LogP contribution in [0.1, 0.15) is 64.2 Å². The van der Waals surface area contributed by atoms with Gasteiger partial charge in [0.1, 0.15) is 0 Å². The molecule has 114 valence electrons. The molecule has 0 aromatic heterocycles. The fourth-order valence-corrected chi connectivity index (χ4v) is 3.85. The third-order valence-electron chi connectivity index (χ3n) is 5.43. The van der Waals surface area contributed by atoms with Crippen molar-refractivity contribution in [1.29, 1.82) is 0 Å². The molecule has 2 saturated carbocycles. The van der Waals surface area contributed by atoms with Crippen molar-refractivity contribution < 1.29 is 4.74 Å². The molecule has 2 aliphatic carbocycles. The highest BCUT2D eigenvalue weighted by Gasteiger charge is 2.19. The lowest BCUT2D eigenvalue weighted by Gasteiger charge is -2.26. The van der Waals surface area contributed by atoms with E-state index in [4.69, 9.17) is 4.74 Å². The van der Waals surface area contributed by atoms with Crippen molar-refractivity contribution in [2.45, 2.75) is 70.3 Å². The Labute approximate surface area is 125 Å². The largest absolute Gasteiger partial charge is 0.381 e. The summed E-state index contributed by atoms with van der Waals surface area (Å²) >= 11 is 0. The van der Waals surface area contributed by atoms with Gasteiger partial charge in [0.25, 0.3) is 0 Å². The molecule has 0 radical (unpaired) electrons. The van der Waals surface area contributed by atoms with Crippen LogP contribution in [0, 0.1) is 17.8 Å². The molecule has 0 bridgehead atoms. The van der Waals surface area contributed by atoms with Gasteiger partial charge >= 0.3 is 0 Å². The van der Waals surface area contributed by atoms with Crippen LogP contribution in [-0.4, -0.2) is 13.2 Å². The maximum Gasteiger partial charge on any atom is 0.0571 e. The van der Waals surface area contributed by atoms with Crippen molar-refractivity contribution in [2.24, 2.45) is 17.8 Å². The van der Waals surface area contributed by atoms with Crippen molar-refractivity contribution >= 4 is 0 Å². The van der Waals surface area contributed by atoms with Gasteiger partial charge in [-0.3, -0.25) is 0 Å². The van der Waals surface area contributed by atoms with Crippen LogP contribution in [0.4, 0.5) is 0 Å². The van der Waals surface area contributed by atoms with Crippen LogP contribution in [0.15, 0.2) is 24.8 Å². The summed E-state index contributed by atoms with van der Waals surface area (Å²) in [6.07, 6.45) is 21.0. The average Bonchev–Trinajstić information content (AvgIpc) is 2.53. The number of hydrogen-bond acceptors (Lipinski definition) is 1. The average molecular weight is 276 g/mol. The Morgan fingerprint density at radius 2 is 1.60 bits per heavy atom. The summed E-state index contributed by atoms with van der Waals surface area (Å²) in [6.45, 7) is 3.93. The third-order valence-corrected chi connectivity index (χ3v) is 5.43. The molecule has 0 amide bonds. The minimum Gasteiger partial charge on any atom is -0.381 e. The van der Waals surface area contributed by atoms with E-state index in [1.807, 2.05) is 7.11 Å². The monoisotopic (exact) mass is 276 g/mol. The molecule has 0 heterocycles. The molecule has 0 saturated heterocycles. The van der Waals surface area contributed by atoms with E-state index in [1.165, 1.54) is 64.2 Å². The van der Waals surface area contributed by atoms with Gasteiger partial charge in [0.15, 0.2) is 0 Å². The highest BCUT2D eigenvalue weighted by Crippen LogP contribution is 2.32. The summed E-state index contributed by atoms with van der Waals surface area (Å²) in [5.41, 5.74) is 0. The normalized spacial score (nSPS) is 35.2. The van der Waals surface area contributed by atoms with Gasteiger partial charge in [0.2, 0.25) is 0 Å². The van der Waals surface area contributed by atoms with Crippen molar-refractivity contribution in [1.82, 2.24) is 0 Å². The molecular formula is C19H32O. The maximum absolute atomic E-state index is 5.43. The molecule has 20 heavy (non-hydrogen) atoms. The Kier molecular flexibility index (Phi) is 6.86. The van der Waals surface area contributed by atoms with E-state index in [0.717, 1.165) is 17.8 Å². The highest BCUT2D eigenvalue weighted by atomic mass is 16.5. The Morgan fingerprint density at radius 3 is 2.20 bits per heavy atom. The minimum atomic E-state index is 0.527. The van der Waals surface area contributed by atoms with E-state index in [0.29, 0.717) is 6.10 Å². The summed E-state index contributed by atoms with van der Waals surface area (Å²) < 4.78 is 5.43. The van der Waals surface area contributed by atoms with Crippen LogP contribution in [0.2, 0.25) is 0 Å². The predicted octanol–water partition coefficient (Wildman–Crippen LogP) is 5.52. The van der Waals surface area contributed by atoms with Crippen molar-refractivity contribution in [2.75, 3.05) is 7.11 Å². The smallest absolute Gasteiger partial charge is 0.0571 e. The standard InChI is InChI=1S/C19H32O/c1-3-16-8-10-17(11-9-16)6-4-5-7-18-12-14-19(20-2)15-13-18/h3,5,7,16-19H,1,4,6,8-15H2,2H3/t16?,17?,18-,19-. The first-order valence-electron chi connectivity index (χ1n) is 8.63. The molecule has 1 nitrogen and oxygen atoms in total. The molecule has 2 rings (SSSR count). The predicted molar refractivity (Wildman–Crippen MR) is 86.8 cm³/mol. The zero-order chi connectivity index (χ0) is 14.2. The maximum atomic E-state index is 5.43. The van der Waals surface area contributed by atoms with Crippen LogP contribution in [0.25, 0.3) is 0 Å². The van der Waals surface area contributed by atoms with Crippen LogP contribution < -0.4 is 0 Å². The second-order valence-corrected chi connectivity index (χ2v) is 6.79. The van der Waals surface area contributed by atoms with Crippen LogP contribution in [0.3, 0.4) is 0 Å². The van der Waals surface area contributed by atoms with Crippen LogP contribution in [0.5, 0.6) is 0 Å². The minimum absolute atomic E-state index is 0.527. The first-order valence-corrected chi connectivity index (χ1v) is 8.63. The van der Waals surface area contributed by atoms with E-state index in [2.05, 4.69) is 24.8 Å². The van der Waals surface area contributed by atoms with Crippen molar-refractivity contribution in [3.05, 3.63) is 24.8 Å². The van der Waals surface area contributed by atoms with Crippen molar-refractivity contribution in [3.8, 4) is 0 Å². The Hall–Kier alpha value is -0.560. The first kappa shape index (κ1) is 15.8. The summed E-state index contributed by atoms with van der Waals surface area (Å²) in [6, 6.07) is 0. The number of ether oxygens (including phenoxy) is 1. The Morgan fingerprint density at radius 1 is 0.950 bits per heavy atom. The summed E-state index contributed by atoms with van der Waals surface area (Å²) in [5, 5.41) is 0. The Balaban J connectivity index is 1.57. The van der Waals surface area contributed by atoms with E-state index in [9.17, 15) is 0 Å². The molecule has 0 atom stereocenters. The SMILES string of the molecule is C=CC1CCC(CCC=C[C@H]2CC[C@H](OC)CC2)CC1. The number of allylic oxidation sites excluding steroid dienone is 3. The van der Waals surface area contributed by atoms with E-state index < -0.39 is 0 Å². The molecule has 1 heteroatoms. The second kappa shape index (κ2) is 8.67. The number of rotatable bonds is 6. The molecule has 0 aliphatic heterocycles. The molecule has 2 aliphatic rings. The summed E-state index contributed by atoms with van der Waals surface area (Å²) in [5.74, 6) is 2.59. The fraction of sp³-hybridized carbons (Fsp3) is 0.789. The van der Waals surface area contributed by atoms with E-state index in [1.54, 1.807) is 0 Å². The van der Waals surface area contributed by atoms with Crippen LogP contribution in [-0.2, 0) is 4.74 Å². The number of hydrogen-bond donors (Lipinski definition) is 0. The second-order valence-electron chi connectivity index (χ2n) is 6.79. The molecule has 0 spiro atoms. The van der Waals surface area contributed by atoms with Gasteiger partial charge in [-0.15, -0.1) is 6.58 Å². The number of methoxy groups -OCH3 is 1. The molecule has 0 N–H and O–H groups in total. The molecule has 0 aromatic rings. The topological polar surface area (TPSA) is 9.23 Å². The molecule has 0 aromatic carbocycles. The fourth-order valence-electron chi connectivity index (χ4n) is 3.85. The quantitative estimate of drug-likeness (QED) is 0.580. The van der Waals surface area contributed by atoms with Gasteiger partial charge in [-0.25, -0.2) is 0 Å². The first-order chi connectivity index (χ1) is 9.81. The van der Waals surface area contributed by atoms with E-state index in [-0.39, 0.29) is 0 Å². The summed E-state index contributed by atoms with van der Waals surface area (Å²) in [4.78, 5) is 0. The molecular weight excluding hydrogens is 244 g/mol. The van der Waals surface area contributed by atoms with E-state index >= 15 is 0 Å². The lowest BCUT2D eigenvalue weighted by atomic mass is 9.80. The lowest BCUT2D eigenvalue weighted by molar-refractivity contribution is 0.0626. The Bertz CT molecular complexity index is 291. The lowest BCUT2D eigenvalue weighted by Crippen LogP contribution is -2.19. The van der Waals surface area contributed by atoms with Gasteiger partial charge in [-0.05, 0) is 82.0 Å². The van der Waals surface area contributed by atoms with Gasteiger partial charge in [-0.1, -0.05) is 18.2 Å². The zero-order valence-electron chi connectivity index (χ0n) is 13.2. The molecule has 2 fully saturated rings. The zero-order valence-corrected chi connectivity index (χ0v) is 13.2. The highest BCUT2D eigenvalue weighted by molar-refractivity contribution is 4.92. The molecule has 0 unspecified atom stereocenters. The van der Waals surface area contributed by atoms with Crippen molar-refractivity contribution in [3.63, 3.8) is 0 Å². The van der Waals surface area contributed by atoms with Crippen LogP contribution >= 0.6 is 0 Å². The van der Waals surface area contributed by atoms with Gasteiger partial charge in [-0.2, -0.15) is 0 Å². The third kappa shape index (κ3) is 5.09. The summed E-state index contributed by atoms with van der Waals surface area (Å²) in [7, 11) is 1.85. The van der Waals surface area contributed by atoms with Gasteiger partial charge in [0, 0.05) is 7.11 Å². The van der Waals surface area contributed by atoms with Gasteiger partial charge < -0.3 is 4.74 Å².